The lowest BCUT2D eigenvalue weighted by atomic mass is 9.97. The highest BCUT2D eigenvalue weighted by Crippen LogP contribution is 2.24. The highest BCUT2D eigenvalue weighted by atomic mass is 15.3. The van der Waals surface area contributed by atoms with Gasteiger partial charge < -0.3 is 16.4 Å². The molecular weight excluding hydrogens is 358 g/mol. The normalized spacial score (nSPS) is 24.7. The van der Waals surface area contributed by atoms with E-state index in [0.29, 0.717) is 12.1 Å². The van der Waals surface area contributed by atoms with E-state index in [2.05, 4.69) is 23.7 Å². The molecule has 5 N–H and O–H groups in total. The molecule has 0 aromatic heterocycles. The molecule has 2 atom stereocenters. The Bertz CT molecular complexity index is 419. The SMILES string of the molecule is CCC1CCCCCCCCCCCCCCCCC(CC)N1C(=N)N=C(N)N. The molecule has 1 fully saturated rings. The number of nitrogens with one attached hydrogen (secondary N) is 1. The lowest BCUT2D eigenvalue weighted by Crippen LogP contribution is -2.47. The van der Waals surface area contributed by atoms with Crippen LogP contribution >= 0.6 is 0 Å². The summed E-state index contributed by atoms with van der Waals surface area (Å²) >= 11 is 0. The molecule has 0 amide bonds. The van der Waals surface area contributed by atoms with Gasteiger partial charge in [0.15, 0.2) is 5.96 Å². The second kappa shape index (κ2) is 16.5. The number of hydrogen-bond acceptors (Lipinski definition) is 1. The molecule has 1 aliphatic heterocycles. The van der Waals surface area contributed by atoms with Gasteiger partial charge in [0.2, 0.25) is 5.96 Å². The molecule has 5 nitrogen and oxygen atoms in total. The van der Waals surface area contributed by atoms with E-state index in [1.165, 1.54) is 89.9 Å². The van der Waals surface area contributed by atoms with Crippen LogP contribution in [-0.2, 0) is 0 Å². The summed E-state index contributed by atoms with van der Waals surface area (Å²) in [5, 5.41) is 8.57. The molecule has 1 heterocycles. The van der Waals surface area contributed by atoms with Crippen molar-refractivity contribution in [2.75, 3.05) is 0 Å². The molecular formula is C24H49N5. The third kappa shape index (κ3) is 11.5. The number of guanidine groups is 2. The van der Waals surface area contributed by atoms with Crippen molar-refractivity contribution >= 4 is 11.9 Å². The van der Waals surface area contributed by atoms with E-state index < -0.39 is 0 Å². The standard InChI is InChI=1S/C24H49N5/c1-3-21-19-17-15-13-11-9-7-5-6-8-10-12-14-16-18-20-22(4-2)29(21)24(27)28-23(25)26/h21-22H,3-20H2,1-2H3,(H5,25,26,27,28). The molecule has 0 spiro atoms. The fourth-order valence-corrected chi connectivity index (χ4v) is 4.79. The summed E-state index contributed by atoms with van der Waals surface area (Å²) in [6, 6.07) is 0.718. The fraction of sp³-hybridized carbons (Fsp3) is 0.917. The summed E-state index contributed by atoms with van der Waals surface area (Å²) in [6.45, 7) is 4.48. The van der Waals surface area contributed by atoms with Gasteiger partial charge in [0, 0.05) is 12.1 Å². The van der Waals surface area contributed by atoms with Crippen molar-refractivity contribution in [2.24, 2.45) is 16.5 Å². The number of rotatable bonds is 2. The number of nitrogens with zero attached hydrogens (tertiary/aromatic N) is 2. The average Bonchev–Trinajstić information content (AvgIpc) is 2.69. The van der Waals surface area contributed by atoms with Gasteiger partial charge in [0.05, 0.1) is 0 Å². The Kier molecular flexibility index (Phi) is 14.7. The zero-order valence-electron chi connectivity index (χ0n) is 19.4. The van der Waals surface area contributed by atoms with Gasteiger partial charge in [-0.2, -0.15) is 4.99 Å². The van der Waals surface area contributed by atoms with E-state index in [-0.39, 0.29) is 11.9 Å². The van der Waals surface area contributed by atoms with Crippen LogP contribution < -0.4 is 11.5 Å². The third-order valence-electron chi connectivity index (χ3n) is 6.53. The van der Waals surface area contributed by atoms with Gasteiger partial charge in [-0.15, -0.1) is 0 Å². The van der Waals surface area contributed by atoms with Crippen molar-refractivity contribution in [3.63, 3.8) is 0 Å². The summed E-state index contributed by atoms with van der Waals surface area (Å²) in [6.07, 6.45) is 23.4. The van der Waals surface area contributed by atoms with Crippen LogP contribution in [0.3, 0.4) is 0 Å². The van der Waals surface area contributed by atoms with E-state index in [0.717, 1.165) is 25.7 Å². The minimum Gasteiger partial charge on any atom is -0.370 e. The van der Waals surface area contributed by atoms with E-state index in [1.54, 1.807) is 0 Å². The molecule has 0 aromatic rings. The van der Waals surface area contributed by atoms with Crippen molar-refractivity contribution in [1.82, 2.24) is 4.90 Å². The molecule has 0 bridgehead atoms. The van der Waals surface area contributed by atoms with Crippen molar-refractivity contribution in [3.05, 3.63) is 0 Å². The van der Waals surface area contributed by atoms with E-state index in [4.69, 9.17) is 16.9 Å². The molecule has 1 rings (SSSR count). The van der Waals surface area contributed by atoms with Crippen LogP contribution in [0.5, 0.6) is 0 Å². The first-order chi connectivity index (χ1) is 14.1. The molecule has 0 aromatic carbocycles. The minimum atomic E-state index is -0.00442. The molecule has 2 unspecified atom stereocenters. The van der Waals surface area contributed by atoms with Gasteiger partial charge in [-0.05, 0) is 25.7 Å². The highest BCUT2D eigenvalue weighted by Gasteiger charge is 2.26. The van der Waals surface area contributed by atoms with Crippen molar-refractivity contribution in [3.8, 4) is 0 Å². The van der Waals surface area contributed by atoms with Crippen LogP contribution in [0, 0.1) is 5.41 Å². The Morgan fingerprint density at radius 2 is 1.00 bits per heavy atom. The topological polar surface area (TPSA) is 91.5 Å². The highest BCUT2D eigenvalue weighted by molar-refractivity contribution is 5.92. The maximum atomic E-state index is 8.57. The van der Waals surface area contributed by atoms with Gasteiger partial charge in [-0.1, -0.05) is 104 Å². The fourth-order valence-electron chi connectivity index (χ4n) is 4.79. The first kappa shape index (κ1) is 25.8. The second-order valence-electron chi connectivity index (χ2n) is 8.92. The van der Waals surface area contributed by atoms with Crippen LogP contribution in [0.15, 0.2) is 4.99 Å². The van der Waals surface area contributed by atoms with Gasteiger partial charge in [0.1, 0.15) is 0 Å². The molecule has 5 heteroatoms. The predicted molar refractivity (Wildman–Crippen MR) is 127 cm³/mol. The van der Waals surface area contributed by atoms with Gasteiger partial charge in [0.25, 0.3) is 0 Å². The molecule has 0 aliphatic carbocycles. The third-order valence-corrected chi connectivity index (χ3v) is 6.53. The zero-order valence-corrected chi connectivity index (χ0v) is 19.4. The smallest absolute Gasteiger partial charge is 0.221 e. The quantitative estimate of drug-likeness (QED) is 0.370. The van der Waals surface area contributed by atoms with Crippen molar-refractivity contribution < 1.29 is 0 Å². The van der Waals surface area contributed by atoms with Crippen LogP contribution in [0.2, 0.25) is 0 Å². The maximum Gasteiger partial charge on any atom is 0.221 e. The Balaban J connectivity index is 2.79. The number of hydrogen-bond donors (Lipinski definition) is 3. The summed E-state index contributed by atoms with van der Waals surface area (Å²) in [7, 11) is 0. The largest absolute Gasteiger partial charge is 0.370 e. The molecule has 0 saturated carbocycles. The van der Waals surface area contributed by atoms with Crippen LogP contribution in [-0.4, -0.2) is 28.9 Å². The Hall–Kier alpha value is -1.26. The molecule has 170 valence electrons. The summed E-state index contributed by atoms with van der Waals surface area (Å²) < 4.78 is 0. The van der Waals surface area contributed by atoms with Crippen molar-refractivity contribution in [1.29, 1.82) is 5.41 Å². The molecule has 29 heavy (non-hydrogen) atoms. The Morgan fingerprint density at radius 1 is 0.690 bits per heavy atom. The van der Waals surface area contributed by atoms with Gasteiger partial charge in [-0.3, -0.25) is 5.41 Å². The van der Waals surface area contributed by atoms with E-state index >= 15 is 0 Å². The molecule has 1 saturated heterocycles. The Labute approximate surface area is 180 Å². The molecule has 0 radical (unpaired) electrons. The van der Waals surface area contributed by atoms with E-state index in [1.807, 2.05) is 0 Å². The van der Waals surface area contributed by atoms with Crippen molar-refractivity contribution in [2.45, 2.75) is 142 Å². The lowest BCUT2D eigenvalue weighted by Gasteiger charge is -2.38. The molecule has 1 aliphatic rings. The first-order valence-electron chi connectivity index (χ1n) is 12.6. The zero-order chi connectivity index (χ0) is 21.3. The maximum absolute atomic E-state index is 8.57. The average molecular weight is 408 g/mol. The lowest BCUT2D eigenvalue weighted by molar-refractivity contribution is 0.193. The summed E-state index contributed by atoms with van der Waals surface area (Å²) in [4.78, 5) is 6.39. The number of nitrogens with two attached hydrogens (primary N) is 2. The van der Waals surface area contributed by atoms with Crippen LogP contribution in [0.4, 0.5) is 0 Å². The van der Waals surface area contributed by atoms with Gasteiger partial charge >= 0.3 is 0 Å². The predicted octanol–water partition coefficient (Wildman–Crippen LogP) is 6.31. The van der Waals surface area contributed by atoms with Crippen LogP contribution in [0.25, 0.3) is 0 Å². The minimum absolute atomic E-state index is 0.00442. The van der Waals surface area contributed by atoms with E-state index in [9.17, 15) is 0 Å². The summed E-state index contributed by atoms with van der Waals surface area (Å²) in [5.41, 5.74) is 11.2. The Morgan fingerprint density at radius 3 is 1.28 bits per heavy atom. The first-order valence-corrected chi connectivity index (χ1v) is 12.6. The second-order valence-corrected chi connectivity index (χ2v) is 8.92. The van der Waals surface area contributed by atoms with Gasteiger partial charge in [-0.25, -0.2) is 0 Å². The number of aliphatic imine (C=N–C) groups is 1. The summed E-state index contributed by atoms with van der Waals surface area (Å²) in [5.74, 6) is 0.254. The monoisotopic (exact) mass is 407 g/mol. The van der Waals surface area contributed by atoms with Crippen LogP contribution in [0.1, 0.15) is 129 Å².